The Morgan fingerprint density at radius 3 is 2.67 bits per heavy atom. The molecule has 1 aliphatic heterocycles. The van der Waals surface area contributed by atoms with Crippen molar-refractivity contribution in [2.24, 2.45) is 0 Å². The molecule has 0 fully saturated rings. The number of benzene rings is 2. The fourth-order valence-corrected chi connectivity index (χ4v) is 3.46. The predicted molar refractivity (Wildman–Crippen MR) is 104 cm³/mol. The number of nitrogens with one attached hydrogen (secondary N) is 1. The third-order valence-electron chi connectivity index (χ3n) is 4.80. The van der Waals surface area contributed by atoms with Crippen molar-refractivity contribution in [1.82, 2.24) is 19.5 Å². The molecule has 5 rings (SSSR count). The van der Waals surface area contributed by atoms with Crippen LogP contribution in [0.5, 0.6) is 0 Å². The van der Waals surface area contributed by atoms with Gasteiger partial charge in [0.1, 0.15) is 11.6 Å². The van der Waals surface area contributed by atoms with Crippen molar-refractivity contribution in [3.8, 4) is 5.95 Å². The summed E-state index contributed by atoms with van der Waals surface area (Å²) >= 11 is 0. The highest BCUT2D eigenvalue weighted by Gasteiger charge is 2.22. The molecule has 0 aliphatic carbocycles. The van der Waals surface area contributed by atoms with Crippen molar-refractivity contribution in [2.45, 2.75) is 26.7 Å². The van der Waals surface area contributed by atoms with Crippen LogP contribution < -0.4 is 5.32 Å². The van der Waals surface area contributed by atoms with E-state index >= 15 is 0 Å². The lowest BCUT2D eigenvalue weighted by atomic mass is 10.2. The summed E-state index contributed by atoms with van der Waals surface area (Å²) in [5.74, 6) is 2.32. The van der Waals surface area contributed by atoms with Gasteiger partial charge in [-0.25, -0.2) is 9.97 Å². The first-order valence-electron chi connectivity index (χ1n) is 8.99. The minimum Gasteiger partial charge on any atom is -0.370 e. The van der Waals surface area contributed by atoms with Gasteiger partial charge in [0.15, 0.2) is 0 Å². The van der Waals surface area contributed by atoms with Crippen LogP contribution in [0.1, 0.15) is 22.6 Å². The first-order chi connectivity index (χ1) is 13.3. The van der Waals surface area contributed by atoms with E-state index in [9.17, 15) is 0 Å². The van der Waals surface area contributed by atoms with Gasteiger partial charge in [0, 0.05) is 12.1 Å². The average Bonchev–Trinajstić information content (AvgIpc) is 3.30. The van der Waals surface area contributed by atoms with E-state index in [0.717, 1.165) is 33.9 Å². The monoisotopic (exact) mass is 357 g/mol. The second-order valence-corrected chi connectivity index (χ2v) is 6.61. The average molecular weight is 357 g/mol. The maximum atomic E-state index is 5.63. The second kappa shape index (κ2) is 6.48. The normalized spacial score (nSPS) is 13.1. The van der Waals surface area contributed by atoms with Gasteiger partial charge < -0.3 is 10.1 Å². The number of fused-ring (bicyclic) bond motifs is 2. The smallest absolute Gasteiger partial charge is 0.237 e. The highest BCUT2D eigenvalue weighted by Crippen LogP contribution is 2.28. The first kappa shape index (κ1) is 16.0. The molecule has 0 bridgehead atoms. The molecule has 6 nitrogen and oxygen atoms in total. The molecule has 0 amide bonds. The number of rotatable bonds is 4. The molecule has 0 atom stereocenters. The van der Waals surface area contributed by atoms with Crippen molar-refractivity contribution in [3.63, 3.8) is 0 Å². The Labute approximate surface area is 156 Å². The summed E-state index contributed by atoms with van der Waals surface area (Å²) in [6.07, 6.45) is 0. The second-order valence-electron chi connectivity index (χ2n) is 6.61. The van der Waals surface area contributed by atoms with Gasteiger partial charge in [-0.1, -0.05) is 42.5 Å². The number of imidazole rings is 1. The van der Waals surface area contributed by atoms with Gasteiger partial charge in [-0.2, -0.15) is 4.98 Å². The van der Waals surface area contributed by atoms with Gasteiger partial charge in [0.2, 0.25) is 5.95 Å². The molecule has 0 spiro atoms. The van der Waals surface area contributed by atoms with Crippen LogP contribution in [0.2, 0.25) is 0 Å². The zero-order valence-electron chi connectivity index (χ0n) is 15.0. The molecule has 1 aliphatic rings. The van der Waals surface area contributed by atoms with Gasteiger partial charge in [0.25, 0.3) is 0 Å². The standard InChI is InChI=1S/C21H19N5O/c1-14-23-17-9-5-6-10-19(17)26(14)21-24-18-13-27-12-16(18)20(25-21)22-11-15-7-3-2-4-8-15/h2-10H,11-13H2,1H3,(H,22,24,25). The predicted octanol–water partition coefficient (Wildman–Crippen LogP) is 3.77. The molecule has 4 aromatic rings. The molecular formula is C21H19N5O. The van der Waals surface area contributed by atoms with E-state index in [0.29, 0.717) is 25.7 Å². The number of aryl methyl sites for hydroxylation is 1. The summed E-state index contributed by atoms with van der Waals surface area (Å²) in [5.41, 5.74) is 5.12. The molecule has 0 radical (unpaired) electrons. The summed E-state index contributed by atoms with van der Waals surface area (Å²) in [5, 5.41) is 3.47. The van der Waals surface area contributed by atoms with Crippen LogP contribution >= 0.6 is 0 Å². The van der Waals surface area contributed by atoms with E-state index in [1.807, 2.05) is 54.0 Å². The lowest BCUT2D eigenvalue weighted by molar-refractivity contribution is 0.133. The topological polar surface area (TPSA) is 64.9 Å². The summed E-state index contributed by atoms with van der Waals surface area (Å²) in [7, 11) is 0. The minimum absolute atomic E-state index is 0.510. The van der Waals surface area contributed by atoms with Crippen molar-refractivity contribution in [1.29, 1.82) is 0 Å². The summed E-state index contributed by atoms with van der Waals surface area (Å²) in [6, 6.07) is 18.3. The van der Waals surface area contributed by atoms with E-state index in [1.165, 1.54) is 5.56 Å². The number of hydrogen-bond acceptors (Lipinski definition) is 5. The molecule has 0 saturated carbocycles. The van der Waals surface area contributed by atoms with Gasteiger partial charge >= 0.3 is 0 Å². The maximum absolute atomic E-state index is 5.63. The van der Waals surface area contributed by atoms with Gasteiger partial charge in [-0.05, 0) is 24.6 Å². The lowest BCUT2D eigenvalue weighted by Gasteiger charge is -2.13. The molecule has 0 unspecified atom stereocenters. The first-order valence-corrected chi connectivity index (χ1v) is 8.99. The molecule has 27 heavy (non-hydrogen) atoms. The minimum atomic E-state index is 0.510. The maximum Gasteiger partial charge on any atom is 0.237 e. The molecule has 6 heteroatoms. The lowest BCUT2D eigenvalue weighted by Crippen LogP contribution is -2.11. The molecule has 134 valence electrons. The van der Waals surface area contributed by atoms with Crippen molar-refractivity contribution in [2.75, 3.05) is 5.32 Å². The van der Waals surface area contributed by atoms with Crippen LogP contribution in [0.15, 0.2) is 54.6 Å². The van der Waals surface area contributed by atoms with Crippen LogP contribution in [0.4, 0.5) is 5.82 Å². The number of nitrogens with zero attached hydrogens (tertiary/aromatic N) is 4. The van der Waals surface area contributed by atoms with Crippen LogP contribution in [-0.4, -0.2) is 19.5 Å². The Morgan fingerprint density at radius 1 is 0.963 bits per heavy atom. The highest BCUT2D eigenvalue weighted by molar-refractivity contribution is 5.77. The molecule has 2 aromatic heterocycles. The Kier molecular flexibility index (Phi) is 3.83. The molecule has 1 N–H and O–H groups in total. The van der Waals surface area contributed by atoms with Crippen molar-refractivity contribution in [3.05, 3.63) is 77.2 Å². The zero-order chi connectivity index (χ0) is 18.2. The van der Waals surface area contributed by atoms with E-state index in [2.05, 4.69) is 22.4 Å². The Morgan fingerprint density at radius 2 is 1.78 bits per heavy atom. The van der Waals surface area contributed by atoms with Crippen molar-refractivity contribution >= 4 is 16.9 Å². The number of ether oxygens (including phenoxy) is 1. The Bertz CT molecular complexity index is 1120. The third-order valence-corrected chi connectivity index (χ3v) is 4.80. The molecule has 2 aromatic carbocycles. The third kappa shape index (κ3) is 2.84. The van der Waals surface area contributed by atoms with Crippen LogP contribution in [0, 0.1) is 6.92 Å². The van der Waals surface area contributed by atoms with E-state index in [4.69, 9.17) is 14.7 Å². The van der Waals surface area contributed by atoms with Crippen LogP contribution in [0.3, 0.4) is 0 Å². The van der Waals surface area contributed by atoms with E-state index < -0.39 is 0 Å². The number of anilines is 1. The molecule has 3 heterocycles. The van der Waals surface area contributed by atoms with Crippen molar-refractivity contribution < 1.29 is 4.74 Å². The van der Waals surface area contributed by atoms with Gasteiger partial charge in [-0.3, -0.25) is 4.57 Å². The van der Waals surface area contributed by atoms with Gasteiger partial charge in [0.05, 0.1) is 29.9 Å². The van der Waals surface area contributed by atoms with Crippen LogP contribution in [-0.2, 0) is 24.5 Å². The summed E-state index contributed by atoms with van der Waals surface area (Å²) in [4.78, 5) is 14.2. The van der Waals surface area contributed by atoms with E-state index in [-0.39, 0.29) is 0 Å². The Balaban J connectivity index is 1.58. The molecular weight excluding hydrogens is 338 g/mol. The summed E-state index contributed by atoms with van der Waals surface area (Å²) < 4.78 is 7.63. The number of aromatic nitrogens is 4. The molecule has 0 saturated heterocycles. The quantitative estimate of drug-likeness (QED) is 0.602. The zero-order valence-corrected chi connectivity index (χ0v) is 15.0. The highest BCUT2D eigenvalue weighted by atomic mass is 16.5. The fourth-order valence-electron chi connectivity index (χ4n) is 3.46. The largest absolute Gasteiger partial charge is 0.370 e. The van der Waals surface area contributed by atoms with Gasteiger partial charge in [-0.15, -0.1) is 0 Å². The fraction of sp³-hybridized carbons (Fsp3) is 0.190. The number of hydrogen-bond donors (Lipinski definition) is 1. The number of para-hydroxylation sites is 2. The SMILES string of the molecule is Cc1nc2ccccc2n1-c1nc2c(c(NCc3ccccc3)n1)COC2. The van der Waals surface area contributed by atoms with E-state index in [1.54, 1.807) is 0 Å². The summed E-state index contributed by atoms with van der Waals surface area (Å²) in [6.45, 7) is 3.73. The Hall–Kier alpha value is -3.25. The van der Waals surface area contributed by atoms with Crippen LogP contribution in [0.25, 0.3) is 17.0 Å².